The van der Waals surface area contributed by atoms with Gasteiger partial charge in [-0.3, -0.25) is 14.2 Å². The SMILES string of the molecule is Nc1cnccc1S(=O)Cc1cccc2cccnc12. The summed E-state index contributed by atoms with van der Waals surface area (Å²) < 4.78 is 12.5. The van der Waals surface area contributed by atoms with Gasteiger partial charge in [-0.2, -0.15) is 0 Å². The van der Waals surface area contributed by atoms with E-state index in [0.717, 1.165) is 16.5 Å². The number of para-hydroxylation sites is 1. The number of aromatic nitrogens is 2. The molecular weight excluding hydrogens is 270 g/mol. The Kier molecular flexibility index (Phi) is 3.43. The van der Waals surface area contributed by atoms with Crippen LogP contribution in [-0.4, -0.2) is 14.2 Å². The van der Waals surface area contributed by atoms with Gasteiger partial charge in [-0.25, -0.2) is 0 Å². The molecule has 4 nitrogen and oxygen atoms in total. The molecule has 0 aliphatic heterocycles. The smallest absolute Gasteiger partial charge is 0.0743 e. The molecule has 2 aromatic heterocycles. The molecule has 1 aromatic carbocycles. The molecule has 0 radical (unpaired) electrons. The Morgan fingerprint density at radius 2 is 1.95 bits per heavy atom. The lowest BCUT2D eigenvalue weighted by Gasteiger charge is -2.07. The Balaban J connectivity index is 1.98. The number of hydrogen-bond acceptors (Lipinski definition) is 4. The largest absolute Gasteiger partial charge is 0.396 e. The molecule has 0 aliphatic carbocycles. The summed E-state index contributed by atoms with van der Waals surface area (Å²) in [7, 11) is -1.21. The highest BCUT2D eigenvalue weighted by atomic mass is 32.2. The van der Waals surface area contributed by atoms with Crippen molar-refractivity contribution in [1.29, 1.82) is 0 Å². The van der Waals surface area contributed by atoms with Crippen LogP contribution in [0.1, 0.15) is 5.56 Å². The van der Waals surface area contributed by atoms with E-state index in [2.05, 4.69) is 9.97 Å². The van der Waals surface area contributed by atoms with E-state index in [1.807, 2.05) is 30.3 Å². The average Bonchev–Trinajstić information content (AvgIpc) is 2.48. The van der Waals surface area contributed by atoms with Crippen LogP contribution in [0.25, 0.3) is 10.9 Å². The van der Waals surface area contributed by atoms with E-state index in [9.17, 15) is 4.21 Å². The minimum Gasteiger partial charge on any atom is -0.396 e. The van der Waals surface area contributed by atoms with Gasteiger partial charge in [0.25, 0.3) is 0 Å². The summed E-state index contributed by atoms with van der Waals surface area (Å²) in [5.74, 6) is 0.391. The van der Waals surface area contributed by atoms with Crippen LogP contribution in [-0.2, 0) is 16.6 Å². The first kappa shape index (κ1) is 12.7. The number of benzene rings is 1. The normalized spacial score (nSPS) is 12.4. The van der Waals surface area contributed by atoms with Gasteiger partial charge in [0, 0.05) is 17.8 Å². The van der Waals surface area contributed by atoms with Crippen molar-refractivity contribution in [2.24, 2.45) is 0 Å². The second-order valence-corrected chi connectivity index (χ2v) is 5.82. The van der Waals surface area contributed by atoms with E-state index in [1.165, 1.54) is 6.20 Å². The highest BCUT2D eigenvalue weighted by Gasteiger charge is 2.11. The fourth-order valence-electron chi connectivity index (χ4n) is 2.10. The molecule has 1 unspecified atom stereocenters. The zero-order valence-electron chi connectivity index (χ0n) is 10.7. The fraction of sp³-hybridized carbons (Fsp3) is 0.0667. The Labute approximate surface area is 119 Å². The Hall–Kier alpha value is -2.27. The summed E-state index contributed by atoms with van der Waals surface area (Å²) in [5, 5.41) is 1.05. The van der Waals surface area contributed by atoms with Crippen molar-refractivity contribution in [2.75, 3.05) is 5.73 Å². The lowest BCUT2D eigenvalue weighted by atomic mass is 10.1. The van der Waals surface area contributed by atoms with E-state index in [1.54, 1.807) is 18.5 Å². The molecule has 0 spiro atoms. The number of rotatable bonds is 3. The molecule has 0 saturated carbocycles. The van der Waals surface area contributed by atoms with Gasteiger partial charge in [-0.15, -0.1) is 0 Å². The molecule has 0 aliphatic rings. The van der Waals surface area contributed by atoms with Gasteiger partial charge in [-0.1, -0.05) is 24.3 Å². The zero-order chi connectivity index (χ0) is 13.9. The summed E-state index contributed by atoms with van der Waals surface area (Å²) in [6.45, 7) is 0. The summed E-state index contributed by atoms with van der Waals surface area (Å²) in [4.78, 5) is 8.90. The number of pyridine rings is 2. The molecule has 100 valence electrons. The van der Waals surface area contributed by atoms with Crippen LogP contribution >= 0.6 is 0 Å². The number of hydrogen-bond donors (Lipinski definition) is 1. The topological polar surface area (TPSA) is 68.9 Å². The second kappa shape index (κ2) is 5.38. The van der Waals surface area contributed by atoms with Crippen LogP contribution in [0.3, 0.4) is 0 Å². The van der Waals surface area contributed by atoms with Crippen molar-refractivity contribution in [1.82, 2.24) is 9.97 Å². The minimum atomic E-state index is -1.21. The van der Waals surface area contributed by atoms with Crippen molar-refractivity contribution in [3.05, 3.63) is 60.6 Å². The Morgan fingerprint density at radius 3 is 2.80 bits per heavy atom. The zero-order valence-corrected chi connectivity index (χ0v) is 11.5. The number of nitrogen functional groups attached to an aromatic ring is 1. The summed E-state index contributed by atoms with van der Waals surface area (Å²) in [5.41, 5.74) is 8.12. The van der Waals surface area contributed by atoms with Gasteiger partial charge < -0.3 is 5.73 Å². The van der Waals surface area contributed by atoms with Crippen LogP contribution in [0, 0.1) is 0 Å². The first-order chi connectivity index (χ1) is 9.75. The maximum absolute atomic E-state index is 12.5. The molecule has 2 heterocycles. The Bertz CT molecular complexity index is 783. The predicted octanol–water partition coefficient (Wildman–Crippen LogP) is 2.52. The molecule has 3 rings (SSSR count). The molecule has 0 saturated heterocycles. The quantitative estimate of drug-likeness (QED) is 0.802. The van der Waals surface area contributed by atoms with E-state index in [-0.39, 0.29) is 0 Å². The van der Waals surface area contributed by atoms with Crippen molar-refractivity contribution in [3.8, 4) is 0 Å². The number of fused-ring (bicyclic) bond motifs is 1. The maximum atomic E-state index is 12.5. The molecule has 5 heteroatoms. The lowest BCUT2D eigenvalue weighted by Crippen LogP contribution is -2.02. The number of nitrogens with zero attached hydrogens (tertiary/aromatic N) is 2. The molecule has 20 heavy (non-hydrogen) atoms. The second-order valence-electron chi connectivity index (χ2n) is 4.40. The van der Waals surface area contributed by atoms with Gasteiger partial charge in [0.05, 0.1) is 38.8 Å². The van der Waals surface area contributed by atoms with Gasteiger partial charge in [0.1, 0.15) is 0 Å². The van der Waals surface area contributed by atoms with Crippen LogP contribution in [0.15, 0.2) is 59.9 Å². The van der Waals surface area contributed by atoms with Crippen molar-refractivity contribution < 1.29 is 4.21 Å². The molecule has 2 N–H and O–H groups in total. The summed E-state index contributed by atoms with van der Waals surface area (Å²) >= 11 is 0. The molecule has 0 amide bonds. The first-order valence-corrected chi connectivity index (χ1v) is 7.48. The van der Waals surface area contributed by atoms with Crippen molar-refractivity contribution in [2.45, 2.75) is 10.6 Å². The van der Waals surface area contributed by atoms with Gasteiger partial charge in [0.15, 0.2) is 0 Å². The van der Waals surface area contributed by atoms with Crippen LogP contribution in [0.5, 0.6) is 0 Å². The minimum absolute atomic E-state index is 0.391. The van der Waals surface area contributed by atoms with E-state index < -0.39 is 10.8 Å². The van der Waals surface area contributed by atoms with Crippen molar-refractivity contribution in [3.63, 3.8) is 0 Å². The summed E-state index contributed by atoms with van der Waals surface area (Å²) in [6, 6.07) is 11.5. The third-order valence-corrected chi connectivity index (χ3v) is 4.49. The number of anilines is 1. The van der Waals surface area contributed by atoms with Crippen LogP contribution < -0.4 is 5.73 Å². The van der Waals surface area contributed by atoms with Gasteiger partial charge >= 0.3 is 0 Å². The molecule has 3 aromatic rings. The van der Waals surface area contributed by atoms with Crippen LogP contribution in [0.2, 0.25) is 0 Å². The summed E-state index contributed by atoms with van der Waals surface area (Å²) in [6.07, 6.45) is 4.87. The highest BCUT2D eigenvalue weighted by Crippen LogP contribution is 2.22. The standard InChI is InChI=1S/C15H13N3OS/c16-13-9-17-8-6-14(13)20(19)10-12-4-1-3-11-5-2-7-18-15(11)12/h1-9H,10,16H2. The van der Waals surface area contributed by atoms with Crippen molar-refractivity contribution >= 4 is 27.4 Å². The monoisotopic (exact) mass is 283 g/mol. The average molecular weight is 283 g/mol. The molecule has 1 atom stereocenters. The van der Waals surface area contributed by atoms with Gasteiger partial charge in [0.2, 0.25) is 0 Å². The van der Waals surface area contributed by atoms with Crippen LogP contribution in [0.4, 0.5) is 5.69 Å². The lowest BCUT2D eigenvalue weighted by molar-refractivity contribution is 0.683. The molecular formula is C15H13N3OS. The first-order valence-electron chi connectivity index (χ1n) is 6.16. The maximum Gasteiger partial charge on any atom is 0.0743 e. The highest BCUT2D eigenvalue weighted by molar-refractivity contribution is 7.84. The van der Waals surface area contributed by atoms with Gasteiger partial charge in [-0.05, 0) is 17.7 Å². The van der Waals surface area contributed by atoms with E-state index in [0.29, 0.717) is 16.3 Å². The third kappa shape index (κ3) is 2.40. The third-order valence-electron chi connectivity index (χ3n) is 3.06. The number of nitrogens with two attached hydrogens (primary N) is 1. The molecule has 0 bridgehead atoms. The molecule has 0 fully saturated rings. The fourth-order valence-corrected chi connectivity index (χ4v) is 3.30. The van der Waals surface area contributed by atoms with E-state index >= 15 is 0 Å². The Morgan fingerprint density at radius 1 is 1.10 bits per heavy atom. The van der Waals surface area contributed by atoms with E-state index in [4.69, 9.17) is 5.73 Å². The predicted molar refractivity (Wildman–Crippen MR) is 80.5 cm³/mol.